The number of amides is 1. The van der Waals surface area contributed by atoms with Crippen LogP contribution in [0, 0.1) is 11.3 Å². The largest absolute Gasteiger partial charge is 0.355 e. The summed E-state index contributed by atoms with van der Waals surface area (Å²) in [5.74, 6) is -0.188. The van der Waals surface area contributed by atoms with E-state index in [1.165, 1.54) is 24.8 Å². The lowest BCUT2D eigenvalue weighted by atomic mass is 9.65. The minimum atomic E-state index is -0.271. The highest BCUT2D eigenvalue weighted by Crippen LogP contribution is 2.43. The average molecular weight is 336 g/mol. The molecule has 25 heavy (non-hydrogen) atoms. The Morgan fingerprint density at radius 1 is 1.08 bits per heavy atom. The molecule has 0 spiro atoms. The molecule has 1 fully saturated rings. The van der Waals surface area contributed by atoms with Gasteiger partial charge in [-0.25, -0.2) is 0 Å². The van der Waals surface area contributed by atoms with Crippen LogP contribution in [0.2, 0.25) is 0 Å². The molecule has 0 saturated heterocycles. The lowest BCUT2D eigenvalue weighted by Crippen LogP contribution is -2.46. The van der Waals surface area contributed by atoms with Gasteiger partial charge in [-0.1, -0.05) is 74.0 Å². The molecule has 2 unspecified atom stereocenters. The first-order valence-electron chi connectivity index (χ1n) is 9.22. The lowest BCUT2D eigenvalue weighted by molar-refractivity contribution is -0.126. The fourth-order valence-corrected chi connectivity index (χ4v) is 3.68. The summed E-state index contributed by atoms with van der Waals surface area (Å²) in [4.78, 5) is 12.6. The van der Waals surface area contributed by atoms with Gasteiger partial charge in [0.05, 0.1) is 5.92 Å². The summed E-state index contributed by atoms with van der Waals surface area (Å²) in [7, 11) is 0. The minimum Gasteiger partial charge on any atom is -0.355 e. The maximum atomic E-state index is 12.6. The SMILES string of the molecule is CC(C(=O)NCC1(Cc2ccccc2)CCC1)C(N)c1ccccc1. The van der Waals surface area contributed by atoms with E-state index in [-0.39, 0.29) is 23.3 Å². The van der Waals surface area contributed by atoms with Gasteiger partial charge in [-0.3, -0.25) is 4.79 Å². The summed E-state index contributed by atoms with van der Waals surface area (Å²) in [6.07, 6.45) is 4.65. The van der Waals surface area contributed by atoms with Crippen molar-refractivity contribution >= 4 is 5.91 Å². The predicted octanol–water partition coefficient (Wildman–Crippen LogP) is 3.85. The van der Waals surface area contributed by atoms with E-state index < -0.39 is 0 Å². The molecule has 1 aliphatic rings. The van der Waals surface area contributed by atoms with Gasteiger partial charge in [0.1, 0.15) is 0 Å². The van der Waals surface area contributed by atoms with E-state index in [4.69, 9.17) is 5.73 Å². The topological polar surface area (TPSA) is 55.1 Å². The fourth-order valence-electron chi connectivity index (χ4n) is 3.68. The first kappa shape index (κ1) is 17.7. The molecule has 0 aliphatic heterocycles. The van der Waals surface area contributed by atoms with E-state index in [2.05, 4.69) is 29.6 Å². The Labute approximate surface area is 150 Å². The number of benzene rings is 2. The summed E-state index contributed by atoms with van der Waals surface area (Å²) in [5, 5.41) is 3.18. The molecular weight excluding hydrogens is 308 g/mol. The van der Waals surface area contributed by atoms with Gasteiger partial charge in [-0.05, 0) is 35.8 Å². The second kappa shape index (κ2) is 7.83. The Bertz CT molecular complexity index is 680. The molecule has 1 saturated carbocycles. The molecule has 1 aliphatic carbocycles. The van der Waals surface area contributed by atoms with Crippen LogP contribution < -0.4 is 11.1 Å². The molecule has 3 rings (SSSR count). The number of nitrogens with two attached hydrogens (primary N) is 1. The fraction of sp³-hybridized carbons (Fsp3) is 0.409. The highest BCUT2D eigenvalue weighted by Gasteiger charge is 2.37. The molecule has 3 heteroatoms. The van der Waals surface area contributed by atoms with Crippen molar-refractivity contribution in [2.75, 3.05) is 6.54 Å². The molecule has 0 radical (unpaired) electrons. The van der Waals surface area contributed by atoms with Crippen LogP contribution in [0.3, 0.4) is 0 Å². The summed E-state index contributed by atoms with van der Waals surface area (Å²) >= 11 is 0. The smallest absolute Gasteiger partial charge is 0.224 e. The second-order valence-corrected chi connectivity index (χ2v) is 7.46. The second-order valence-electron chi connectivity index (χ2n) is 7.46. The van der Waals surface area contributed by atoms with Crippen molar-refractivity contribution in [2.24, 2.45) is 17.1 Å². The third-order valence-corrected chi connectivity index (χ3v) is 5.61. The number of carbonyl (C=O) groups excluding carboxylic acids is 1. The van der Waals surface area contributed by atoms with Crippen LogP contribution in [-0.2, 0) is 11.2 Å². The number of hydrogen-bond donors (Lipinski definition) is 2. The van der Waals surface area contributed by atoms with Crippen LogP contribution >= 0.6 is 0 Å². The quantitative estimate of drug-likeness (QED) is 0.807. The molecule has 0 aromatic heterocycles. The van der Waals surface area contributed by atoms with Gasteiger partial charge in [0.15, 0.2) is 0 Å². The zero-order valence-electron chi connectivity index (χ0n) is 14.9. The zero-order valence-corrected chi connectivity index (χ0v) is 14.9. The van der Waals surface area contributed by atoms with E-state index in [1.807, 2.05) is 43.3 Å². The Kier molecular flexibility index (Phi) is 5.54. The normalized spacial score (nSPS) is 18.0. The van der Waals surface area contributed by atoms with Crippen molar-refractivity contribution in [1.82, 2.24) is 5.32 Å². The molecular formula is C22H28N2O. The van der Waals surface area contributed by atoms with Crippen molar-refractivity contribution < 1.29 is 4.79 Å². The Morgan fingerprint density at radius 3 is 2.24 bits per heavy atom. The number of carbonyl (C=O) groups is 1. The van der Waals surface area contributed by atoms with E-state index in [9.17, 15) is 4.79 Å². The average Bonchev–Trinajstić information content (AvgIpc) is 2.63. The highest BCUT2D eigenvalue weighted by molar-refractivity contribution is 5.79. The molecule has 2 atom stereocenters. The van der Waals surface area contributed by atoms with Crippen LogP contribution in [0.1, 0.15) is 43.4 Å². The Hall–Kier alpha value is -2.13. The number of nitrogens with one attached hydrogen (secondary N) is 1. The predicted molar refractivity (Wildman–Crippen MR) is 102 cm³/mol. The van der Waals surface area contributed by atoms with Crippen LogP contribution in [-0.4, -0.2) is 12.5 Å². The number of hydrogen-bond acceptors (Lipinski definition) is 2. The third kappa shape index (κ3) is 4.29. The zero-order chi connectivity index (χ0) is 17.7. The van der Waals surface area contributed by atoms with Gasteiger partial charge in [0, 0.05) is 12.6 Å². The minimum absolute atomic E-state index is 0.0516. The molecule has 2 aromatic rings. The molecule has 132 valence electrons. The highest BCUT2D eigenvalue weighted by atomic mass is 16.1. The van der Waals surface area contributed by atoms with Gasteiger partial charge >= 0.3 is 0 Å². The van der Waals surface area contributed by atoms with Gasteiger partial charge in [-0.15, -0.1) is 0 Å². The van der Waals surface area contributed by atoms with Crippen LogP contribution in [0.4, 0.5) is 0 Å². The molecule has 2 aromatic carbocycles. The first-order chi connectivity index (χ1) is 12.1. The van der Waals surface area contributed by atoms with Crippen molar-refractivity contribution in [2.45, 2.75) is 38.6 Å². The summed E-state index contributed by atoms with van der Waals surface area (Å²) < 4.78 is 0. The van der Waals surface area contributed by atoms with Crippen LogP contribution in [0.5, 0.6) is 0 Å². The van der Waals surface area contributed by atoms with Crippen molar-refractivity contribution in [3.8, 4) is 0 Å². The van der Waals surface area contributed by atoms with Crippen molar-refractivity contribution in [3.63, 3.8) is 0 Å². The third-order valence-electron chi connectivity index (χ3n) is 5.61. The molecule has 3 N–H and O–H groups in total. The molecule has 1 amide bonds. The van der Waals surface area contributed by atoms with Gasteiger partial charge < -0.3 is 11.1 Å². The molecule has 0 bridgehead atoms. The number of rotatable bonds is 7. The maximum Gasteiger partial charge on any atom is 0.224 e. The van der Waals surface area contributed by atoms with Crippen molar-refractivity contribution in [1.29, 1.82) is 0 Å². The Morgan fingerprint density at radius 2 is 1.68 bits per heavy atom. The molecule has 3 nitrogen and oxygen atoms in total. The van der Waals surface area contributed by atoms with E-state index >= 15 is 0 Å². The van der Waals surface area contributed by atoms with Gasteiger partial charge in [-0.2, -0.15) is 0 Å². The van der Waals surface area contributed by atoms with Crippen molar-refractivity contribution in [3.05, 3.63) is 71.8 Å². The summed E-state index contributed by atoms with van der Waals surface area (Å²) in [6.45, 7) is 2.66. The molecule has 0 heterocycles. The van der Waals surface area contributed by atoms with E-state index in [0.717, 1.165) is 18.5 Å². The first-order valence-corrected chi connectivity index (χ1v) is 9.22. The maximum absolute atomic E-state index is 12.6. The summed E-state index contributed by atoms with van der Waals surface area (Å²) in [5.41, 5.74) is 8.86. The van der Waals surface area contributed by atoms with E-state index in [0.29, 0.717) is 0 Å². The van der Waals surface area contributed by atoms with Crippen LogP contribution in [0.15, 0.2) is 60.7 Å². The Balaban J connectivity index is 1.57. The lowest BCUT2D eigenvalue weighted by Gasteiger charge is -2.42. The van der Waals surface area contributed by atoms with E-state index in [1.54, 1.807) is 0 Å². The summed E-state index contributed by atoms with van der Waals surface area (Å²) in [6, 6.07) is 20.2. The van der Waals surface area contributed by atoms with Gasteiger partial charge in [0.25, 0.3) is 0 Å². The standard InChI is InChI=1S/C22H28N2O/c1-17(20(23)19-11-6-3-7-12-19)21(25)24-16-22(13-8-14-22)15-18-9-4-2-5-10-18/h2-7,9-12,17,20H,8,13-16,23H2,1H3,(H,24,25). The monoisotopic (exact) mass is 336 g/mol. The van der Waals surface area contributed by atoms with Crippen LogP contribution in [0.25, 0.3) is 0 Å². The van der Waals surface area contributed by atoms with Gasteiger partial charge in [0.2, 0.25) is 5.91 Å².